The van der Waals surface area contributed by atoms with Crippen molar-refractivity contribution >= 4 is 11.0 Å². The average molecular weight is 683 g/mol. The first-order valence-electron chi connectivity index (χ1n) is 11.3. The Hall–Kier alpha value is -0.724. The van der Waals surface area contributed by atoms with Gasteiger partial charge in [0, 0.05) is 49.7 Å². The van der Waals surface area contributed by atoms with Crippen molar-refractivity contribution in [2.45, 2.75) is 84.5 Å². The van der Waals surface area contributed by atoms with E-state index in [1.54, 1.807) is 4.80 Å². The first kappa shape index (κ1) is 28.3. The number of aromatic nitrogens is 3. The summed E-state index contributed by atoms with van der Waals surface area (Å²) in [5.74, 6) is 0.627. The van der Waals surface area contributed by atoms with Crippen LogP contribution in [-0.4, -0.2) is 20.1 Å². The molecule has 0 fully saturated rings. The smallest absolute Gasteiger partial charge is 0.146 e. The van der Waals surface area contributed by atoms with Crippen LogP contribution in [0.2, 0.25) is 0 Å². The van der Waals surface area contributed by atoms with Crippen LogP contribution in [0.15, 0.2) is 36.4 Å². The fourth-order valence-corrected chi connectivity index (χ4v) is 4.02. The number of hydrogen-bond donors (Lipinski definition) is 1. The zero-order valence-corrected chi connectivity index (χ0v) is 24.7. The maximum atomic E-state index is 11.0. The van der Waals surface area contributed by atoms with Crippen LogP contribution in [0.25, 0.3) is 16.7 Å². The second-order valence-electron chi connectivity index (χ2n) is 8.36. The van der Waals surface area contributed by atoms with Crippen molar-refractivity contribution in [3.63, 3.8) is 0 Å². The van der Waals surface area contributed by atoms with E-state index >= 15 is 0 Å². The summed E-state index contributed by atoms with van der Waals surface area (Å²) in [6.45, 7) is 6.55. The molecule has 0 spiro atoms. The van der Waals surface area contributed by atoms with E-state index in [-0.39, 0.29) is 49.7 Å². The molecule has 3 aromatic rings. The third-order valence-electron chi connectivity index (χ3n) is 5.79. The van der Waals surface area contributed by atoms with E-state index in [0.717, 1.165) is 28.6 Å². The maximum Gasteiger partial charge on any atom is 0.146 e. The second-order valence-corrected chi connectivity index (χ2v) is 8.36. The molecule has 4 nitrogen and oxygen atoms in total. The summed E-state index contributed by atoms with van der Waals surface area (Å²) in [6, 6.07) is 11.9. The minimum absolute atomic E-state index is 0. The average Bonchev–Trinajstić information content (AvgIpc) is 3.15. The molecule has 0 bridgehead atoms. The van der Waals surface area contributed by atoms with Gasteiger partial charge in [-0.1, -0.05) is 83.4 Å². The van der Waals surface area contributed by atoms with Crippen LogP contribution in [0.5, 0.6) is 5.75 Å². The molecule has 0 amide bonds. The molecule has 0 saturated heterocycles. The normalized spacial score (nSPS) is 11.7. The van der Waals surface area contributed by atoms with Gasteiger partial charge in [0.05, 0.1) is 0 Å². The molecular weight excluding hydrogens is 647 g/mol. The Labute approximate surface area is 222 Å². The van der Waals surface area contributed by atoms with Crippen LogP contribution >= 0.6 is 0 Å². The Morgan fingerprint density at radius 3 is 2.03 bits per heavy atom. The predicted octanol–water partition coefficient (Wildman–Crippen LogP) is 7.07. The minimum Gasteiger partial charge on any atom is -0.505 e. The second kappa shape index (κ2) is 14.4. The van der Waals surface area contributed by atoms with Gasteiger partial charge in [0.15, 0.2) is 0 Å². The number of fused-ring (bicyclic) bond motifs is 1. The summed E-state index contributed by atoms with van der Waals surface area (Å²) >= 11 is 0. The number of unbranched alkanes of at least 4 members (excludes halogenated alkanes) is 7. The molecule has 1 heterocycles. The number of phenols is 1. The van der Waals surface area contributed by atoms with Gasteiger partial charge in [-0.25, -0.2) is 0 Å². The summed E-state index contributed by atoms with van der Waals surface area (Å²) in [6.07, 6.45) is 11.7. The van der Waals surface area contributed by atoms with Crippen LogP contribution in [0.3, 0.4) is 0 Å². The van der Waals surface area contributed by atoms with Crippen molar-refractivity contribution in [2.75, 3.05) is 0 Å². The largest absolute Gasteiger partial charge is 0.505 e. The quantitative estimate of drug-likeness (QED) is 0.221. The van der Waals surface area contributed by atoms with Gasteiger partial charge in [0.1, 0.15) is 22.5 Å². The van der Waals surface area contributed by atoms with E-state index < -0.39 is 0 Å². The van der Waals surface area contributed by atoms with Gasteiger partial charge in [-0.2, -0.15) is 0 Å². The SMILES string of the molecule is CCCCCCCCCCC(C)c1cc(C)cc(-n2nc3ccccc3n2)c1O.[U].[V]. The van der Waals surface area contributed by atoms with E-state index in [2.05, 4.69) is 37.0 Å². The molecular formula is C25H35N3OUV. The minimum atomic E-state index is 0. The van der Waals surface area contributed by atoms with Crippen molar-refractivity contribution in [3.8, 4) is 11.4 Å². The van der Waals surface area contributed by atoms with E-state index in [4.69, 9.17) is 0 Å². The van der Waals surface area contributed by atoms with E-state index in [1.807, 2.05) is 30.3 Å². The van der Waals surface area contributed by atoms with Crippen molar-refractivity contribution in [1.29, 1.82) is 0 Å². The standard InChI is InChI=1S/C25H35N3O.U.V/c1-4-5-6-7-8-9-10-11-14-20(3)21-17-19(2)18-24(25(21)29)28-26-22-15-12-13-16-23(22)27-28;;/h12-13,15-18,20,29H,4-11,14H2,1-3H3;;. The summed E-state index contributed by atoms with van der Waals surface area (Å²) in [5, 5.41) is 20.1. The van der Waals surface area contributed by atoms with E-state index in [1.165, 1.54) is 51.4 Å². The molecule has 2 aromatic carbocycles. The molecule has 1 radical (unpaired) electrons. The van der Waals surface area contributed by atoms with Crippen LogP contribution in [0.1, 0.15) is 88.7 Å². The van der Waals surface area contributed by atoms with Crippen LogP contribution in [-0.2, 0) is 18.6 Å². The Balaban J connectivity index is 0.00000240. The van der Waals surface area contributed by atoms with Gasteiger partial charge in [-0.15, -0.1) is 15.0 Å². The fourth-order valence-electron chi connectivity index (χ4n) is 4.02. The number of nitrogens with zero attached hydrogens (tertiary/aromatic N) is 3. The predicted molar refractivity (Wildman–Crippen MR) is 121 cm³/mol. The van der Waals surface area contributed by atoms with Crippen LogP contribution < -0.4 is 0 Å². The molecule has 0 saturated carbocycles. The van der Waals surface area contributed by atoms with Gasteiger partial charge in [0.25, 0.3) is 0 Å². The zero-order chi connectivity index (χ0) is 20.6. The van der Waals surface area contributed by atoms with E-state index in [0.29, 0.717) is 17.4 Å². The number of hydrogen-bond acceptors (Lipinski definition) is 3. The Morgan fingerprint density at radius 1 is 0.903 bits per heavy atom. The summed E-state index contributed by atoms with van der Waals surface area (Å²) in [7, 11) is 0. The van der Waals surface area contributed by atoms with Gasteiger partial charge >= 0.3 is 0 Å². The summed E-state index contributed by atoms with van der Waals surface area (Å²) in [4.78, 5) is 1.57. The fraction of sp³-hybridized carbons (Fsp3) is 0.520. The third kappa shape index (κ3) is 7.97. The molecule has 165 valence electrons. The molecule has 31 heavy (non-hydrogen) atoms. The number of rotatable bonds is 11. The van der Waals surface area contributed by atoms with E-state index in [9.17, 15) is 5.11 Å². The monoisotopic (exact) mass is 682 g/mol. The summed E-state index contributed by atoms with van der Waals surface area (Å²) in [5.41, 5.74) is 4.46. The molecule has 0 aliphatic carbocycles. The summed E-state index contributed by atoms with van der Waals surface area (Å²) < 4.78 is 0. The van der Waals surface area contributed by atoms with Gasteiger partial charge in [-0.3, -0.25) is 0 Å². The molecule has 0 aliphatic heterocycles. The molecule has 1 atom stereocenters. The third-order valence-corrected chi connectivity index (χ3v) is 5.79. The topological polar surface area (TPSA) is 50.9 Å². The first-order chi connectivity index (χ1) is 14.1. The molecule has 1 N–H and O–H groups in total. The number of benzene rings is 2. The Kier molecular flexibility index (Phi) is 13.2. The van der Waals surface area contributed by atoms with Gasteiger partial charge in [-0.05, 0) is 48.6 Å². The molecule has 6 heteroatoms. The molecule has 3 rings (SSSR count). The zero-order valence-electron chi connectivity index (χ0n) is 19.1. The first-order valence-corrected chi connectivity index (χ1v) is 11.3. The van der Waals surface area contributed by atoms with Crippen LogP contribution in [0, 0.1) is 38.0 Å². The van der Waals surface area contributed by atoms with Gasteiger partial charge < -0.3 is 5.11 Å². The molecule has 1 aromatic heterocycles. The molecule has 1 unspecified atom stereocenters. The number of phenolic OH excluding ortho intramolecular Hbond substituents is 1. The van der Waals surface area contributed by atoms with Crippen LogP contribution in [0.4, 0.5) is 0 Å². The Morgan fingerprint density at radius 2 is 1.45 bits per heavy atom. The number of aryl methyl sites for hydroxylation is 1. The van der Waals surface area contributed by atoms with Crippen molar-refractivity contribution in [3.05, 3.63) is 47.5 Å². The Bertz CT molecular complexity index is 895. The molecule has 0 aliphatic rings. The van der Waals surface area contributed by atoms with Crippen molar-refractivity contribution in [2.24, 2.45) is 0 Å². The number of aromatic hydroxyl groups is 1. The van der Waals surface area contributed by atoms with Gasteiger partial charge in [0.2, 0.25) is 0 Å². The maximum absolute atomic E-state index is 11.0. The van der Waals surface area contributed by atoms with Crippen molar-refractivity contribution in [1.82, 2.24) is 15.0 Å². The van der Waals surface area contributed by atoms with Crippen molar-refractivity contribution < 1.29 is 54.8 Å².